The molecule has 0 unspecified atom stereocenters. The minimum absolute atomic E-state index is 0.328. The van der Waals surface area contributed by atoms with Gasteiger partial charge in [0, 0.05) is 6.26 Å². The van der Waals surface area contributed by atoms with Gasteiger partial charge >= 0.3 is 0 Å². The van der Waals surface area contributed by atoms with Gasteiger partial charge in [-0.25, -0.2) is 8.42 Å². The Balaban J connectivity index is 2.70. The van der Waals surface area contributed by atoms with Crippen LogP contribution in [0.4, 0.5) is 0 Å². The summed E-state index contributed by atoms with van der Waals surface area (Å²) < 4.78 is 21.9. The number of rotatable bonds is 3. The topological polar surface area (TPSA) is 72.5 Å². The van der Waals surface area contributed by atoms with Crippen molar-refractivity contribution in [1.29, 1.82) is 0 Å². The number of nitrogens with zero attached hydrogens (tertiary/aromatic N) is 1. The number of sulfone groups is 1. The molecular formula is C7H14N2O2S. The Bertz CT molecular complexity index is 297. The highest BCUT2D eigenvalue weighted by atomic mass is 32.2. The lowest BCUT2D eigenvalue weighted by Gasteiger charge is -2.08. The molecule has 0 heterocycles. The molecule has 1 fully saturated rings. The molecule has 0 aromatic rings. The SMILES string of the molecule is CC(N)=NCC1(S(C)(=O)=O)CC1. The summed E-state index contributed by atoms with van der Waals surface area (Å²) in [5, 5.41) is 0. The van der Waals surface area contributed by atoms with Crippen molar-refractivity contribution in [2.24, 2.45) is 10.7 Å². The zero-order valence-corrected chi connectivity index (χ0v) is 8.19. The largest absolute Gasteiger partial charge is 0.388 e. The van der Waals surface area contributed by atoms with Gasteiger partial charge in [-0.15, -0.1) is 0 Å². The van der Waals surface area contributed by atoms with Gasteiger partial charge < -0.3 is 5.73 Å². The number of aliphatic imine (C=N–C) groups is 1. The molecule has 1 aliphatic carbocycles. The Hall–Kier alpha value is -0.580. The molecule has 0 saturated heterocycles. The molecule has 0 aromatic carbocycles. The quantitative estimate of drug-likeness (QED) is 0.500. The lowest BCUT2D eigenvalue weighted by molar-refractivity contribution is 0.583. The van der Waals surface area contributed by atoms with Crippen molar-refractivity contribution in [3.05, 3.63) is 0 Å². The monoisotopic (exact) mass is 190 g/mol. The molecule has 5 heteroatoms. The van der Waals surface area contributed by atoms with Gasteiger partial charge in [0.1, 0.15) is 0 Å². The summed E-state index contributed by atoms with van der Waals surface area (Å²) in [6.45, 7) is 1.99. The van der Waals surface area contributed by atoms with Crippen LogP contribution in [0.1, 0.15) is 19.8 Å². The molecule has 0 aromatic heterocycles. The van der Waals surface area contributed by atoms with Crippen LogP contribution in [0.15, 0.2) is 4.99 Å². The van der Waals surface area contributed by atoms with Crippen LogP contribution in [0.2, 0.25) is 0 Å². The van der Waals surface area contributed by atoms with Gasteiger partial charge in [-0.2, -0.15) is 0 Å². The van der Waals surface area contributed by atoms with Crippen molar-refractivity contribution >= 4 is 15.7 Å². The van der Waals surface area contributed by atoms with E-state index in [2.05, 4.69) is 4.99 Å². The molecule has 12 heavy (non-hydrogen) atoms. The molecule has 0 bridgehead atoms. The Morgan fingerprint density at radius 3 is 2.33 bits per heavy atom. The first-order valence-corrected chi connectivity index (χ1v) is 5.73. The van der Waals surface area contributed by atoms with Crippen LogP contribution in [0.5, 0.6) is 0 Å². The number of amidine groups is 1. The van der Waals surface area contributed by atoms with Crippen LogP contribution in [0.3, 0.4) is 0 Å². The summed E-state index contributed by atoms with van der Waals surface area (Å²) in [5.41, 5.74) is 5.33. The van der Waals surface area contributed by atoms with Gasteiger partial charge in [-0.3, -0.25) is 4.99 Å². The zero-order chi connectivity index (χ0) is 9.41. The maximum Gasteiger partial charge on any atom is 0.154 e. The van der Waals surface area contributed by atoms with Crippen LogP contribution in [0, 0.1) is 0 Å². The summed E-state index contributed by atoms with van der Waals surface area (Å²) in [4.78, 5) is 3.94. The molecule has 4 nitrogen and oxygen atoms in total. The normalized spacial score (nSPS) is 22.3. The van der Waals surface area contributed by atoms with E-state index in [9.17, 15) is 8.42 Å². The maximum atomic E-state index is 11.2. The third-order valence-electron chi connectivity index (χ3n) is 2.21. The van der Waals surface area contributed by atoms with E-state index in [0.717, 1.165) is 12.8 Å². The molecule has 0 aliphatic heterocycles. The number of hydrogen-bond donors (Lipinski definition) is 1. The third-order valence-corrected chi connectivity index (χ3v) is 4.32. The summed E-state index contributed by atoms with van der Waals surface area (Å²) in [6.07, 6.45) is 2.71. The van der Waals surface area contributed by atoms with E-state index in [-0.39, 0.29) is 0 Å². The molecule has 0 radical (unpaired) electrons. The molecule has 2 N–H and O–H groups in total. The summed E-state index contributed by atoms with van der Waals surface area (Å²) in [5.74, 6) is 0.449. The Morgan fingerprint density at radius 2 is 2.08 bits per heavy atom. The Morgan fingerprint density at radius 1 is 1.58 bits per heavy atom. The van der Waals surface area contributed by atoms with Gasteiger partial charge in [-0.05, 0) is 19.8 Å². The molecule has 1 saturated carbocycles. The van der Waals surface area contributed by atoms with Crippen molar-refractivity contribution in [3.63, 3.8) is 0 Å². The highest BCUT2D eigenvalue weighted by Gasteiger charge is 2.51. The third kappa shape index (κ3) is 1.77. The summed E-state index contributed by atoms with van der Waals surface area (Å²) >= 11 is 0. The van der Waals surface area contributed by atoms with Crippen molar-refractivity contribution in [2.45, 2.75) is 24.5 Å². The average Bonchev–Trinajstić information content (AvgIpc) is 2.60. The standard InChI is InChI=1S/C7H14N2O2S/c1-6(8)9-5-7(3-4-7)12(2,10)11/h3-5H2,1-2H3,(H2,8,9). The van der Waals surface area contributed by atoms with Crippen LogP contribution >= 0.6 is 0 Å². The highest BCUT2D eigenvalue weighted by Crippen LogP contribution is 2.43. The molecule has 0 atom stereocenters. The first-order chi connectivity index (χ1) is 5.37. The summed E-state index contributed by atoms with van der Waals surface area (Å²) in [6, 6.07) is 0. The van der Waals surface area contributed by atoms with E-state index in [1.165, 1.54) is 6.26 Å². The molecule has 1 rings (SSSR count). The smallest absolute Gasteiger partial charge is 0.154 e. The first kappa shape index (κ1) is 9.51. The van der Waals surface area contributed by atoms with E-state index in [4.69, 9.17) is 5.73 Å². The van der Waals surface area contributed by atoms with Gasteiger partial charge in [0.05, 0.1) is 17.1 Å². The van der Waals surface area contributed by atoms with E-state index in [1.54, 1.807) is 6.92 Å². The van der Waals surface area contributed by atoms with E-state index in [1.807, 2.05) is 0 Å². The van der Waals surface area contributed by atoms with Gasteiger partial charge in [-0.1, -0.05) is 0 Å². The lowest BCUT2D eigenvalue weighted by atomic mass is 10.4. The molecule has 1 aliphatic rings. The van der Waals surface area contributed by atoms with Crippen LogP contribution < -0.4 is 5.73 Å². The zero-order valence-electron chi connectivity index (χ0n) is 7.37. The summed E-state index contributed by atoms with van der Waals surface area (Å²) in [7, 11) is -2.95. The molecular weight excluding hydrogens is 176 g/mol. The molecule has 70 valence electrons. The minimum atomic E-state index is -2.95. The van der Waals surface area contributed by atoms with Gasteiger partial charge in [0.25, 0.3) is 0 Å². The fourth-order valence-electron chi connectivity index (χ4n) is 1.05. The second-order valence-corrected chi connectivity index (χ2v) is 5.82. The Labute approximate surface area is 72.8 Å². The van der Waals surface area contributed by atoms with E-state index in [0.29, 0.717) is 12.4 Å². The second-order valence-electron chi connectivity index (χ2n) is 3.41. The predicted molar refractivity (Wildman–Crippen MR) is 49.0 cm³/mol. The average molecular weight is 190 g/mol. The van der Waals surface area contributed by atoms with Crippen LogP contribution in [-0.2, 0) is 9.84 Å². The van der Waals surface area contributed by atoms with Gasteiger partial charge in [0.15, 0.2) is 9.84 Å². The van der Waals surface area contributed by atoms with E-state index >= 15 is 0 Å². The lowest BCUT2D eigenvalue weighted by Crippen LogP contribution is -2.26. The van der Waals surface area contributed by atoms with E-state index < -0.39 is 14.6 Å². The fourth-order valence-corrected chi connectivity index (χ4v) is 2.20. The van der Waals surface area contributed by atoms with Crippen LogP contribution in [-0.4, -0.2) is 31.8 Å². The maximum absolute atomic E-state index is 11.2. The van der Waals surface area contributed by atoms with Crippen molar-refractivity contribution in [3.8, 4) is 0 Å². The number of nitrogens with two attached hydrogens (primary N) is 1. The minimum Gasteiger partial charge on any atom is -0.388 e. The fraction of sp³-hybridized carbons (Fsp3) is 0.857. The highest BCUT2D eigenvalue weighted by molar-refractivity contribution is 7.92. The second kappa shape index (κ2) is 2.73. The predicted octanol–water partition coefficient (Wildman–Crippen LogP) is -0.0593. The van der Waals surface area contributed by atoms with Crippen LogP contribution in [0.25, 0.3) is 0 Å². The molecule has 0 spiro atoms. The van der Waals surface area contributed by atoms with Gasteiger partial charge in [0.2, 0.25) is 0 Å². The molecule has 0 amide bonds. The van der Waals surface area contributed by atoms with Crippen molar-refractivity contribution < 1.29 is 8.42 Å². The Kier molecular flexibility index (Phi) is 2.16. The first-order valence-electron chi connectivity index (χ1n) is 3.83. The van der Waals surface area contributed by atoms with Crippen molar-refractivity contribution in [1.82, 2.24) is 0 Å². The van der Waals surface area contributed by atoms with Crippen molar-refractivity contribution in [2.75, 3.05) is 12.8 Å². The number of hydrogen-bond acceptors (Lipinski definition) is 3.